The van der Waals surface area contributed by atoms with Crippen molar-refractivity contribution in [2.75, 3.05) is 0 Å². The Hall–Kier alpha value is -0.900. The second-order valence-electron chi connectivity index (χ2n) is 2.15. The summed E-state index contributed by atoms with van der Waals surface area (Å²) in [5.41, 5.74) is 5.18. The monoisotopic (exact) mass is 144 g/mol. The highest BCUT2D eigenvalue weighted by Gasteiger charge is 2.08. The van der Waals surface area contributed by atoms with Crippen LogP contribution in [0.3, 0.4) is 0 Å². The molecule has 0 amide bonds. The number of hydrogen-bond acceptors (Lipinski definition) is 3. The number of hydrogen-bond donors (Lipinski definition) is 2. The summed E-state index contributed by atoms with van der Waals surface area (Å²) in [6.45, 7) is 1.55. The topological polar surface area (TPSA) is 80.4 Å². The van der Waals surface area contributed by atoms with Crippen LogP contribution in [0.2, 0.25) is 0 Å². The zero-order chi connectivity index (χ0) is 8.15. The van der Waals surface area contributed by atoms with Gasteiger partial charge in [-0.15, -0.1) is 0 Å². The number of aliphatic carboxylic acids is 1. The van der Waals surface area contributed by atoms with Crippen LogP contribution in [0.4, 0.5) is 0 Å². The largest absolute Gasteiger partial charge is 0.481 e. The van der Waals surface area contributed by atoms with Gasteiger partial charge in [-0.2, -0.15) is 0 Å². The van der Waals surface area contributed by atoms with E-state index in [9.17, 15) is 9.59 Å². The molecular formula is C6H11NO3. The molecule has 58 valence electrons. The summed E-state index contributed by atoms with van der Waals surface area (Å²) >= 11 is 0. The van der Waals surface area contributed by atoms with Gasteiger partial charge in [-0.05, 0) is 6.92 Å². The molecule has 4 nitrogen and oxygen atoms in total. The molecule has 0 aromatic rings. The number of carbonyl (C=O) groups is 2. The minimum absolute atomic E-state index is 0.0347. The normalized spacial score (nSPS) is 12.6. The predicted octanol–water partition coefficient (Wildman–Crippen LogP) is -0.233. The van der Waals surface area contributed by atoms with Gasteiger partial charge in [0.25, 0.3) is 0 Å². The van der Waals surface area contributed by atoms with Crippen molar-refractivity contribution in [2.24, 2.45) is 5.73 Å². The van der Waals surface area contributed by atoms with E-state index < -0.39 is 12.0 Å². The van der Waals surface area contributed by atoms with Gasteiger partial charge in [0.1, 0.15) is 5.78 Å². The van der Waals surface area contributed by atoms with Crippen LogP contribution in [0.25, 0.3) is 0 Å². The van der Waals surface area contributed by atoms with E-state index in [0.717, 1.165) is 0 Å². The number of Topliss-reactive ketones (excluding diaryl/α,β-unsaturated/α-hetero) is 1. The Kier molecular flexibility index (Phi) is 3.64. The molecule has 1 atom stereocenters. The Morgan fingerprint density at radius 2 is 2.00 bits per heavy atom. The molecule has 0 bridgehead atoms. The highest BCUT2D eigenvalue weighted by Crippen LogP contribution is 1.93. The first-order valence-electron chi connectivity index (χ1n) is 3.04. The molecule has 0 aliphatic carbocycles. The van der Waals surface area contributed by atoms with Crippen LogP contribution < -0.4 is 5.73 Å². The smallest absolute Gasteiger partial charge is 0.303 e. The number of carboxylic acids is 1. The Bertz CT molecular complexity index is 142. The molecule has 10 heavy (non-hydrogen) atoms. The lowest BCUT2D eigenvalue weighted by Gasteiger charge is -2.00. The molecule has 0 aromatic carbocycles. The summed E-state index contributed by atoms with van der Waals surface area (Å²) in [4.78, 5) is 20.6. The molecule has 0 fully saturated rings. The van der Waals surface area contributed by atoms with Crippen molar-refractivity contribution in [3.8, 4) is 0 Å². The van der Waals surface area contributed by atoms with Crippen LogP contribution >= 0.6 is 0 Å². The van der Waals surface area contributed by atoms with Gasteiger partial charge in [-0.1, -0.05) is 0 Å². The van der Waals surface area contributed by atoms with Crippen molar-refractivity contribution in [3.05, 3.63) is 0 Å². The molecule has 0 heterocycles. The molecule has 0 radical (unpaired) electrons. The molecule has 0 rings (SSSR count). The molecule has 3 N–H and O–H groups in total. The number of rotatable bonds is 4. The van der Waals surface area contributed by atoms with E-state index in [0.29, 0.717) is 0 Å². The standard InChI is InChI=1S/C6H11NO3/c1-4(7)5(8)2-3-6(9)10/h4H,2-3,7H2,1H3,(H,9,10)/i1-1. The van der Waals surface area contributed by atoms with Gasteiger partial charge in [0.15, 0.2) is 0 Å². The summed E-state index contributed by atoms with van der Waals surface area (Å²) in [7, 11) is 0. The number of ketones is 1. The van der Waals surface area contributed by atoms with Crippen LogP contribution in [0.5, 0.6) is 0 Å². The first-order chi connectivity index (χ1) is 4.54. The van der Waals surface area contributed by atoms with Crippen LogP contribution in [0.15, 0.2) is 0 Å². The average molecular weight is 144 g/mol. The van der Waals surface area contributed by atoms with Crippen molar-refractivity contribution in [1.29, 1.82) is 0 Å². The SMILES string of the molecule is [11CH3]C(N)C(=O)CCC(=O)O. The lowest BCUT2D eigenvalue weighted by molar-refractivity contribution is -0.138. The third kappa shape index (κ3) is 4.03. The maximum Gasteiger partial charge on any atom is 0.303 e. The van der Waals surface area contributed by atoms with Crippen LogP contribution in [-0.2, 0) is 9.59 Å². The Morgan fingerprint density at radius 1 is 1.50 bits per heavy atom. The minimum atomic E-state index is -0.964. The Balaban J connectivity index is 3.50. The van der Waals surface area contributed by atoms with E-state index in [4.69, 9.17) is 10.8 Å². The fourth-order valence-corrected chi connectivity index (χ4v) is 0.458. The fourth-order valence-electron chi connectivity index (χ4n) is 0.458. The fraction of sp³-hybridized carbons (Fsp3) is 0.667. The Morgan fingerprint density at radius 3 is 2.30 bits per heavy atom. The van der Waals surface area contributed by atoms with Gasteiger partial charge in [0.2, 0.25) is 0 Å². The first kappa shape index (κ1) is 9.10. The number of nitrogens with two attached hydrogens (primary N) is 1. The summed E-state index contributed by atoms with van der Waals surface area (Å²) < 4.78 is 0. The van der Waals surface area contributed by atoms with E-state index in [1.807, 2.05) is 0 Å². The molecular weight excluding hydrogens is 133 g/mol. The van der Waals surface area contributed by atoms with Crippen LogP contribution in [-0.4, -0.2) is 22.9 Å². The lowest BCUT2D eigenvalue weighted by Crippen LogP contribution is -2.26. The third-order valence-corrected chi connectivity index (χ3v) is 1.09. The van der Waals surface area contributed by atoms with E-state index in [-0.39, 0.29) is 18.6 Å². The summed E-state index contributed by atoms with van der Waals surface area (Å²) in [5.74, 6) is -1.17. The first-order valence-corrected chi connectivity index (χ1v) is 3.04. The summed E-state index contributed by atoms with van der Waals surface area (Å²) in [5, 5.41) is 8.15. The predicted molar refractivity (Wildman–Crippen MR) is 35.5 cm³/mol. The van der Waals surface area contributed by atoms with Gasteiger partial charge in [-0.3, -0.25) is 9.59 Å². The third-order valence-electron chi connectivity index (χ3n) is 1.09. The highest BCUT2D eigenvalue weighted by atomic mass is 16.4. The maximum absolute atomic E-state index is 10.7. The lowest BCUT2D eigenvalue weighted by atomic mass is 9.98. The van der Waals surface area contributed by atoms with Crippen LogP contribution in [0, 0.1) is 0 Å². The van der Waals surface area contributed by atoms with Crippen molar-refractivity contribution in [3.63, 3.8) is 0 Å². The molecule has 4 heteroatoms. The van der Waals surface area contributed by atoms with Gasteiger partial charge >= 0.3 is 5.97 Å². The van der Waals surface area contributed by atoms with Crippen LogP contribution in [0.1, 0.15) is 19.8 Å². The van der Waals surface area contributed by atoms with E-state index in [1.54, 1.807) is 6.92 Å². The summed E-state index contributed by atoms with van der Waals surface area (Å²) in [6, 6.07) is -0.542. The van der Waals surface area contributed by atoms with Crippen molar-refractivity contribution >= 4 is 11.8 Å². The molecule has 0 aliphatic rings. The molecule has 1 unspecified atom stereocenters. The van der Waals surface area contributed by atoms with Gasteiger partial charge < -0.3 is 10.8 Å². The molecule has 0 saturated heterocycles. The molecule has 0 spiro atoms. The second kappa shape index (κ2) is 4.00. The van der Waals surface area contributed by atoms with Crippen molar-refractivity contribution < 1.29 is 14.7 Å². The maximum atomic E-state index is 10.7. The van der Waals surface area contributed by atoms with E-state index in [1.165, 1.54) is 0 Å². The quantitative estimate of drug-likeness (QED) is 0.571. The number of carboxylic acid groups (broad SMARTS) is 1. The summed E-state index contributed by atoms with van der Waals surface area (Å²) in [6.07, 6.45) is -0.0899. The molecule has 0 aromatic heterocycles. The zero-order valence-electron chi connectivity index (χ0n) is 5.83. The van der Waals surface area contributed by atoms with Gasteiger partial charge in [0, 0.05) is 6.42 Å². The molecule has 0 saturated carbocycles. The van der Waals surface area contributed by atoms with Crippen molar-refractivity contribution in [1.82, 2.24) is 0 Å². The highest BCUT2D eigenvalue weighted by molar-refractivity contribution is 5.86. The van der Waals surface area contributed by atoms with Gasteiger partial charge in [-0.25, -0.2) is 0 Å². The Labute approximate surface area is 59.0 Å². The van der Waals surface area contributed by atoms with E-state index in [2.05, 4.69) is 0 Å². The molecule has 0 aliphatic heterocycles. The minimum Gasteiger partial charge on any atom is -0.481 e. The number of carbonyl (C=O) groups excluding carboxylic acids is 1. The second-order valence-corrected chi connectivity index (χ2v) is 2.15. The zero-order valence-corrected chi connectivity index (χ0v) is 5.83. The van der Waals surface area contributed by atoms with Crippen molar-refractivity contribution in [2.45, 2.75) is 25.8 Å². The van der Waals surface area contributed by atoms with E-state index >= 15 is 0 Å². The average Bonchev–Trinajstić information content (AvgIpc) is 1.82. The van der Waals surface area contributed by atoms with Gasteiger partial charge in [0.05, 0.1) is 12.5 Å².